The fourth-order valence-electron chi connectivity index (χ4n) is 4.58. The van der Waals surface area contributed by atoms with Gasteiger partial charge >= 0.3 is 0 Å². The second kappa shape index (κ2) is 10.2. The Kier molecular flexibility index (Phi) is 6.72. The molecule has 0 saturated carbocycles. The molecule has 0 spiro atoms. The van der Waals surface area contributed by atoms with Crippen molar-refractivity contribution in [2.45, 2.75) is 6.04 Å². The van der Waals surface area contributed by atoms with Gasteiger partial charge in [-0.15, -0.1) is 0 Å². The fourth-order valence-corrected chi connectivity index (χ4v) is 4.58. The van der Waals surface area contributed by atoms with E-state index in [2.05, 4.69) is 27.2 Å². The average molecular weight is 478 g/mol. The van der Waals surface area contributed by atoms with Gasteiger partial charge in [-0.25, -0.2) is 4.39 Å². The number of nitrogens with zero attached hydrogens (tertiary/aromatic N) is 2. The van der Waals surface area contributed by atoms with Crippen LogP contribution in [0.5, 0.6) is 17.2 Å². The summed E-state index contributed by atoms with van der Waals surface area (Å²) in [4.78, 5) is 17.4. The van der Waals surface area contributed by atoms with Gasteiger partial charge < -0.3 is 24.4 Å². The average Bonchev–Trinajstić information content (AvgIpc) is 3.37. The number of piperazine rings is 1. The largest absolute Gasteiger partial charge is 0.497 e. The molecule has 0 aliphatic carbocycles. The molecule has 0 bridgehead atoms. The van der Waals surface area contributed by atoms with Crippen LogP contribution in [-0.4, -0.2) is 57.4 Å². The van der Waals surface area contributed by atoms with Crippen LogP contribution < -0.4 is 24.4 Å². The van der Waals surface area contributed by atoms with Gasteiger partial charge in [0.25, 0.3) is 5.91 Å². The van der Waals surface area contributed by atoms with E-state index in [9.17, 15) is 9.18 Å². The van der Waals surface area contributed by atoms with Crippen molar-refractivity contribution in [3.05, 3.63) is 83.7 Å². The Morgan fingerprint density at radius 2 is 1.77 bits per heavy atom. The van der Waals surface area contributed by atoms with Crippen LogP contribution in [0.2, 0.25) is 0 Å². The second-order valence-corrected chi connectivity index (χ2v) is 8.57. The highest BCUT2D eigenvalue weighted by atomic mass is 19.1. The molecule has 2 aliphatic rings. The summed E-state index contributed by atoms with van der Waals surface area (Å²) in [7, 11) is 1.66. The third-order valence-electron chi connectivity index (χ3n) is 6.52. The molecule has 5 rings (SSSR count). The van der Waals surface area contributed by atoms with Gasteiger partial charge in [-0.05, 0) is 60.2 Å². The number of hydrogen-bond donors (Lipinski definition) is 1. The summed E-state index contributed by atoms with van der Waals surface area (Å²) in [5.74, 6) is 1.54. The van der Waals surface area contributed by atoms with E-state index in [0.29, 0.717) is 17.9 Å². The molecule has 1 saturated heterocycles. The molecule has 1 N–H and O–H groups in total. The van der Waals surface area contributed by atoms with Gasteiger partial charge in [-0.1, -0.05) is 12.1 Å². The molecule has 1 atom stereocenters. The maximum atomic E-state index is 13.6. The van der Waals surface area contributed by atoms with E-state index in [1.165, 1.54) is 18.2 Å². The molecular formula is C27H28FN3O4. The molecule has 2 aliphatic heterocycles. The van der Waals surface area contributed by atoms with Gasteiger partial charge in [0.05, 0.1) is 13.2 Å². The predicted molar refractivity (Wildman–Crippen MR) is 131 cm³/mol. The Balaban J connectivity index is 1.31. The van der Waals surface area contributed by atoms with Crippen molar-refractivity contribution in [1.82, 2.24) is 10.2 Å². The predicted octanol–water partition coefficient (Wildman–Crippen LogP) is 3.86. The van der Waals surface area contributed by atoms with Crippen molar-refractivity contribution < 1.29 is 23.4 Å². The molecule has 1 amide bonds. The number of hydrogen-bond acceptors (Lipinski definition) is 6. The monoisotopic (exact) mass is 477 g/mol. The summed E-state index contributed by atoms with van der Waals surface area (Å²) in [6, 6.07) is 19.7. The lowest BCUT2D eigenvalue weighted by Gasteiger charge is -2.40. The standard InChI is InChI=1S/C27H28FN3O4/c1-33-23-8-6-22(7-9-23)30-11-13-31(14-12-30)24(19-5-10-25-26(16-19)35-18-34-25)17-29-27(32)20-3-2-4-21(28)15-20/h2-10,15-16,24H,11-14,17-18H2,1H3,(H,29,32). The maximum Gasteiger partial charge on any atom is 0.251 e. The first-order chi connectivity index (χ1) is 17.1. The van der Waals surface area contributed by atoms with Crippen LogP contribution in [0.25, 0.3) is 0 Å². The van der Waals surface area contributed by atoms with Gasteiger partial charge in [0.2, 0.25) is 6.79 Å². The molecule has 35 heavy (non-hydrogen) atoms. The minimum absolute atomic E-state index is 0.0694. The minimum Gasteiger partial charge on any atom is -0.497 e. The molecule has 7 nitrogen and oxygen atoms in total. The number of nitrogens with one attached hydrogen (secondary N) is 1. The van der Waals surface area contributed by atoms with Crippen LogP contribution >= 0.6 is 0 Å². The van der Waals surface area contributed by atoms with E-state index in [-0.39, 0.29) is 18.7 Å². The first-order valence-electron chi connectivity index (χ1n) is 11.7. The number of methoxy groups -OCH3 is 1. The van der Waals surface area contributed by atoms with Crippen molar-refractivity contribution in [2.75, 3.05) is 51.5 Å². The number of carbonyl (C=O) groups excluding carboxylic acids is 1. The number of ether oxygens (including phenoxy) is 3. The Bertz CT molecular complexity index is 1180. The molecule has 3 aromatic carbocycles. The van der Waals surface area contributed by atoms with Crippen LogP contribution in [0, 0.1) is 5.82 Å². The molecule has 0 radical (unpaired) electrons. The van der Waals surface area contributed by atoms with Crippen LogP contribution in [0.4, 0.5) is 10.1 Å². The van der Waals surface area contributed by atoms with Crippen LogP contribution in [0.15, 0.2) is 66.7 Å². The Morgan fingerprint density at radius 1 is 1.00 bits per heavy atom. The zero-order chi connectivity index (χ0) is 24.2. The van der Waals surface area contributed by atoms with Crippen LogP contribution in [0.3, 0.4) is 0 Å². The van der Waals surface area contributed by atoms with Gasteiger partial charge in [0, 0.05) is 44.0 Å². The number of benzene rings is 3. The third-order valence-corrected chi connectivity index (χ3v) is 6.52. The quantitative estimate of drug-likeness (QED) is 0.558. The summed E-state index contributed by atoms with van der Waals surface area (Å²) in [5.41, 5.74) is 2.50. The zero-order valence-corrected chi connectivity index (χ0v) is 19.6. The Hall–Kier alpha value is -3.78. The van der Waals surface area contributed by atoms with E-state index in [0.717, 1.165) is 48.9 Å². The van der Waals surface area contributed by atoms with Crippen molar-refractivity contribution in [3.8, 4) is 17.2 Å². The fraction of sp³-hybridized carbons (Fsp3) is 0.296. The lowest BCUT2D eigenvalue weighted by atomic mass is 10.0. The molecular weight excluding hydrogens is 449 g/mol. The van der Waals surface area contributed by atoms with E-state index in [1.807, 2.05) is 30.3 Å². The number of amides is 1. The smallest absolute Gasteiger partial charge is 0.251 e. The number of halogens is 1. The highest BCUT2D eigenvalue weighted by molar-refractivity contribution is 5.94. The molecule has 1 fully saturated rings. The van der Waals surface area contributed by atoms with Crippen molar-refractivity contribution in [3.63, 3.8) is 0 Å². The number of fused-ring (bicyclic) bond motifs is 1. The SMILES string of the molecule is COc1ccc(N2CCN(C(CNC(=O)c3cccc(F)c3)c3ccc4c(c3)OCO4)CC2)cc1. The van der Waals surface area contributed by atoms with Gasteiger partial charge in [-0.3, -0.25) is 9.69 Å². The summed E-state index contributed by atoms with van der Waals surface area (Å²) < 4.78 is 29.9. The highest BCUT2D eigenvalue weighted by Gasteiger charge is 2.27. The molecule has 3 aromatic rings. The lowest BCUT2D eigenvalue weighted by molar-refractivity contribution is 0.0929. The van der Waals surface area contributed by atoms with Crippen LogP contribution in [-0.2, 0) is 0 Å². The van der Waals surface area contributed by atoms with E-state index >= 15 is 0 Å². The van der Waals surface area contributed by atoms with Gasteiger partial charge in [-0.2, -0.15) is 0 Å². The number of anilines is 1. The highest BCUT2D eigenvalue weighted by Crippen LogP contribution is 2.36. The summed E-state index contributed by atoms with van der Waals surface area (Å²) in [6.45, 7) is 3.94. The van der Waals surface area contributed by atoms with Crippen LogP contribution in [0.1, 0.15) is 22.0 Å². The molecule has 8 heteroatoms. The van der Waals surface area contributed by atoms with Gasteiger partial charge in [0.1, 0.15) is 11.6 Å². The molecule has 182 valence electrons. The lowest BCUT2D eigenvalue weighted by Crippen LogP contribution is -2.50. The third kappa shape index (κ3) is 5.17. The van der Waals surface area contributed by atoms with Crippen molar-refractivity contribution in [2.24, 2.45) is 0 Å². The van der Waals surface area contributed by atoms with Crippen molar-refractivity contribution in [1.29, 1.82) is 0 Å². The van der Waals surface area contributed by atoms with Crippen molar-refractivity contribution >= 4 is 11.6 Å². The first-order valence-corrected chi connectivity index (χ1v) is 11.7. The summed E-state index contributed by atoms with van der Waals surface area (Å²) in [5, 5.41) is 3.00. The first kappa shape index (κ1) is 23.0. The van der Waals surface area contributed by atoms with E-state index in [1.54, 1.807) is 13.2 Å². The Morgan fingerprint density at radius 3 is 2.51 bits per heavy atom. The minimum atomic E-state index is -0.431. The number of carbonyl (C=O) groups is 1. The topological polar surface area (TPSA) is 63.3 Å². The van der Waals surface area contributed by atoms with Gasteiger partial charge in [0.15, 0.2) is 11.5 Å². The molecule has 0 aromatic heterocycles. The normalized spacial score (nSPS) is 16.1. The number of rotatable bonds is 7. The molecule has 2 heterocycles. The zero-order valence-electron chi connectivity index (χ0n) is 19.6. The maximum absolute atomic E-state index is 13.6. The second-order valence-electron chi connectivity index (χ2n) is 8.57. The van der Waals surface area contributed by atoms with E-state index < -0.39 is 5.82 Å². The summed E-state index contributed by atoms with van der Waals surface area (Å²) >= 11 is 0. The summed E-state index contributed by atoms with van der Waals surface area (Å²) in [6.07, 6.45) is 0. The molecule has 1 unspecified atom stereocenters. The Labute approximate surface area is 204 Å². The van der Waals surface area contributed by atoms with E-state index in [4.69, 9.17) is 14.2 Å².